The third-order valence-corrected chi connectivity index (χ3v) is 3.39. The molecular formula is C17H15FN2O2. The van der Waals surface area contributed by atoms with Crippen LogP contribution in [0.1, 0.15) is 5.56 Å². The van der Waals surface area contributed by atoms with E-state index in [2.05, 4.69) is 4.98 Å². The van der Waals surface area contributed by atoms with E-state index in [0.717, 1.165) is 22.2 Å². The van der Waals surface area contributed by atoms with Crippen LogP contribution < -0.4 is 15.2 Å². The summed E-state index contributed by atoms with van der Waals surface area (Å²) in [6.45, 7) is 1.93. The van der Waals surface area contributed by atoms with Gasteiger partial charge in [0.1, 0.15) is 11.5 Å². The van der Waals surface area contributed by atoms with E-state index in [-0.39, 0.29) is 5.75 Å². The SMILES string of the molecule is COc1cc2nccc(Oc3ccc(N)cc3F)c2cc1C. The van der Waals surface area contributed by atoms with Gasteiger partial charge in [-0.1, -0.05) is 0 Å². The molecule has 1 heterocycles. The maximum absolute atomic E-state index is 13.9. The Hall–Kier alpha value is -2.82. The monoisotopic (exact) mass is 298 g/mol. The molecule has 3 aromatic rings. The van der Waals surface area contributed by atoms with Crippen molar-refractivity contribution >= 4 is 16.6 Å². The third kappa shape index (κ3) is 2.53. The number of nitrogens with two attached hydrogens (primary N) is 1. The smallest absolute Gasteiger partial charge is 0.167 e. The summed E-state index contributed by atoms with van der Waals surface area (Å²) in [5, 5.41) is 0.789. The lowest BCUT2D eigenvalue weighted by molar-refractivity contribution is 0.412. The van der Waals surface area contributed by atoms with E-state index in [1.54, 1.807) is 25.4 Å². The third-order valence-electron chi connectivity index (χ3n) is 3.39. The predicted octanol–water partition coefficient (Wildman–Crippen LogP) is 4.07. The predicted molar refractivity (Wildman–Crippen MR) is 83.9 cm³/mol. The molecule has 0 saturated carbocycles. The topological polar surface area (TPSA) is 57.4 Å². The number of aryl methyl sites for hydroxylation is 1. The maximum atomic E-state index is 13.9. The van der Waals surface area contributed by atoms with E-state index in [1.807, 2.05) is 19.1 Å². The Morgan fingerprint density at radius 1 is 1.05 bits per heavy atom. The molecule has 3 rings (SSSR count). The molecule has 0 aliphatic rings. The van der Waals surface area contributed by atoms with Crippen molar-refractivity contribution in [2.45, 2.75) is 6.92 Å². The summed E-state index contributed by atoms with van der Waals surface area (Å²) in [4.78, 5) is 4.30. The van der Waals surface area contributed by atoms with E-state index in [1.165, 1.54) is 12.1 Å². The molecule has 22 heavy (non-hydrogen) atoms. The van der Waals surface area contributed by atoms with E-state index in [4.69, 9.17) is 15.2 Å². The lowest BCUT2D eigenvalue weighted by Crippen LogP contribution is -1.94. The summed E-state index contributed by atoms with van der Waals surface area (Å²) in [6.07, 6.45) is 1.61. The number of rotatable bonds is 3. The van der Waals surface area contributed by atoms with Crippen LogP contribution in [0.2, 0.25) is 0 Å². The average Bonchev–Trinajstić information content (AvgIpc) is 2.50. The molecule has 0 spiro atoms. The van der Waals surface area contributed by atoms with E-state index < -0.39 is 5.82 Å². The van der Waals surface area contributed by atoms with Crippen LogP contribution in [0.3, 0.4) is 0 Å². The highest BCUT2D eigenvalue weighted by Gasteiger charge is 2.11. The van der Waals surface area contributed by atoms with Crippen molar-refractivity contribution in [3.05, 3.63) is 54.0 Å². The molecule has 2 N–H and O–H groups in total. The fourth-order valence-electron chi connectivity index (χ4n) is 2.28. The van der Waals surface area contributed by atoms with Gasteiger partial charge in [0.05, 0.1) is 12.6 Å². The highest BCUT2D eigenvalue weighted by molar-refractivity contribution is 5.87. The Balaban J connectivity index is 2.09. The first-order chi connectivity index (χ1) is 10.6. The number of aromatic nitrogens is 1. The lowest BCUT2D eigenvalue weighted by atomic mass is 10.1. The normalized spacial score (nSPS) is 10.7. The standard InChI is InChI=1S/C17H15FN2O2/c1-10-7-12-14(9-17(10)21-2)20-6-5-15(12)22-16-4-3-11(19)8-13(16)18/h3-9H,19H2,1-2H3. The first-order valence-corrected chi connectivity index (χ1v) is 6.74. The van der Waals surface area contributed by atoms with Gasteiger partial charge in [0.25, 0.3) is 0 Å². The minimum atomic E-state index is -0.504. The number of nitrogen functional groups attached to an aromatic ring is 1. The van der Waals surface area contributed by atoms with Crippen LogP contribution in [0.15, 0.2) is 42.6 Å². The number of benzene rings is 2. The van der Waals surface area contributed by atoms with E-state index in [0.29, 0.717) is 11.4 Å². The fourth-order valence-corrected chi connectivity index (χ4v) is 2.28. The number of anilines is 1. The number of hydrogen-bond acceptors (Lipinski definition) is 4. The van der Waals surface area contributed by atoms with Crippen LogP contribution >= 0.6 is 0 Å². The number of fused-ring (bicyclic) bond motifs is 1. The molecule has 0 amide bonds. The Morgan fingerprint density at radius 2 is 1.86 bits per heavy atom. The second-order valence-electron chi connectivity index (χ2n) is 4.94. The van der Waals surface area contributed by atoms with Gasteiger partial charge in [-0.2, -0.15) is 0 Å². The van der Waals surface area contributed by atoms with Gasteiger partial charge in [0, 0.05) is 29.4 Å². The van der Waals surface area contributed by atoms with Crippen molar-refractivity contribution in [2.24, 2.45) is 0 Å². The lowest BCUT2D eigenvalue weighted by Gasteiger charge is -2.12. The number of nitrogens with zero attached hydrogens (tertiary/aromatic N) is 1. The van der Waals surface area contributed by atoms with Crippen molar-refractivity contribution in [3.63, 3.8) is 0 Å². The zero-order chi connectivity index (χ0) is 15.7. The van der Waals surface area contributed by atoms with Crippen LogP contribution in [0.25, 0.3) is 10.9 Å². The second-order valence-corrected chi connectivity index (χ2v) is 4.94. The van der Waals surface area contributed by atoms with Crippen LogP contribution in [0.4, 0.5) is 10.1 Å². The van der Waals surface area contributed by atoms with Crippen molar-refractivity contribution in [3.8, 4) is 17.2 Å². The Labute approximate surface area is 127 Å². The van der Waals surface area contributed by atoms with Crippen molar-refractivity contribution in [2.75, 3.05) is 12.8 Å². The second kappa shape index (κ2) is 5.52. The molecule has 112 valence electrons. The summed E-state index contributed by atoms with van der Waals surface area (Å²) < 4.78 is 24.9. The van der Waals surface area contributed by atoms with E-state index >= 15 is 0 Å². The van der Waals surface area contributed by atoms with Gasteiger partial charge in [0.15, 0.2) is 11.6 Å². The van der Waals surface area contributed by atoms with Crippen LogP contribution in [-0.2, 0) is 0 Å². The number of halogens is 1. The summed E-state index contributed by atoms with van der Waals surface area (Å²) in [6, 6.07) is 9.77. The molecule has 0 atom stereocenters. The zero-order valence-electron chi connectivity index (χ0n) is 12.3. The largest absolute Gasteiger partial charge is 0.496 e. The number of pyridine rings is 1. The Morgan fingerprint density at radius 3 is 2.59 bits per heavy atom. The molecule has 1 aromatic heterocycles. The van der Waals surface area contributed by atoms with Crippen LogP contribution in [0, 0.1) is 12.7 Å². The molecule has 0 aliphatic carbocycles. The average molecular weight is 298 g/mol. The van der Waals surface area contributed by atoms with Gasteiger partial charge < -0.3 is 15.2 Å². The first-order valence-electron chi connectivity index (χ1n) is 6.74. The molecule has 2 aromatic carbocycles. The summed E-state index contributed by atoms with van der Waals surface area (Å²) in [7, 11) is 1.61. The number of ether oxygens (including phenoxy) is 2. The number of methoxy groups -OCH3 is 1. The molecule has 5 heteroatoms. The Bertz CT molecular complexity index is 849. The number of hydrogen-bond donors (Lipinski definition) is 1. The van der Waals surface area contributed by atoms with Gasteiger partial charge in [-0.25, -0.2) is 4.39 Å². The molecule has 0 fully saturated rings. The van der Waals surface area contributed by atoms with Crippen LogP contribution in [-0.4, -0.2) is 12.1 Å². The van der Waals surface area contributed by atoms with Gasteiger partial charge in [-0.3, -0.25) is 4.98 Å². The molecule has 0 bridgehead atoms. The summed E-state index contributed by atoms with van der Waals surface area (Å²) in [5.41, 5.74) is 7.56. The zero-order valence-corrected chi connectivity index (χ0v) is 12.3. The van der Waals surface area contributed by atoms with Crippen molar-refractivity contribution in [1.29, 1.82) is 0 Å². The van der Waals surface area contributed by atoms with Crippen LogP contribution in [0.5, 0.6) is 17.2 Å². The molecule has 0 saturated heterocycles. The van der Waals surface area contributed by atoms with Gasteiger partial charge in [-0.15, -0.1) is 0 Å². The highest BCUT2D eigenvalue weighted by atomic mass is 19.1. The van der Waals surface area contributed by atoms with Gasteiger partial charge in [-0.05, 0) is 36.8 Å². The Kier molecular flexibility index (Phi) is 3.55. The molecule has 0 radical (unpaired) electrons. The van der Waals surface area contributed by atoms with Gasteiger partial charge >= 0.3 is 0 Å². The van der Waals surface area contributed by atoms with Gasteiger partial charge in [0.2, 0.25) is 0 Å². The molecule has 0 unspecified atom stereocenters. The first kappa shape index (κ1) is 14.1. The minimum Gasteiger partial charge on any atom is -0.496 e. The highest BCUT2D eigenvalue weighted by Crippen LogP contribution is 2.33. The summed E-state index contributed by atoms with van der Waals surface area (Å²) >= 11 is 0. The van der Waals surface area contributed by atoms with Crippen molar-refractivity contribution < 1.29 is 13.9 Å². The molecular weight excluding hydrogens is 283 g/mol. The summed E-state index contributed by atoms with van der Waals surface area (Å²) in [5.74, 6) is 0.889. The minimum absolute atomic E-state index is 0.121. The fraction of sp³-hybridized carbons (Fsp3) is 0.118. The molecule has 4 nitrogen and oxygen atoms in total. The van der Waals surface area contributed by atoms with E-state index in [9.17, 15) is 4.39 Å². The maximum Gasteiger partial charge on any atom is 0.167 e. The molecule has 0 aliphatic heterocycles. The van der Waals surface area contributed by atoms with Crippen molar-refractivity contribution in [1.82, 2.24) is 4.98 Å². The quantitative estimate of drug-likeness (QED) is 0.741.